The van der Waals surface area contributed by atoms with E-state index in [0.29, 0.717) is 5.56 Å². The minimum absolute atomic E-state index is 0.0653. The lowest BCUT2D eigenvalue weighted by Crippen LogP contribution is -2.42. The van der Waals surface area contributed by atoms with Crippen molar-refractivity contribution in [1.29, 1.82) is 0 Å². The van der Waals surface area contributed by atoms with Gasteiger partial charge < -0.3 is 9.84 Å². The molecule has 0 aliphatic carbocycles. The first-order valence-corrected chi connectivity index (χ1v) is 7.04. The van der Waals surface area contributed by atoms with E-state index in [1.54, 1.807) is 20.1 Å². The van der Waals surface area contributed by atoms with Crippen LogP contribution in [0.1, 0.15) is 42.6 Å². The van der Waals surface area contributed by atoms with E-state index in [-0.39, 0.29) is 5.78 Å². The highest BCUT2D eigenvalue weighted by atomic mass is 16.5. The molecule has 0 amide bonds. The number of hydrogen-bond acceptors (Lipinski definition) is 4. The van der Waals surface area contributed by atoms with Crippen LogP contribution >= 0.6 is 0 Å². The SMILES string of the molecule is COc1ccc(C(C)=O)cc1CN1CCC(C)(O)CC1. The Hall–Kier alpha value is -1.39. The Labute approximate surface area is 120 Å². The summed E-state index contributed by atoms with van der Waals surface area (Å²) in [5.74, 6) is 0.878. The normalized spacial score (nSPS) is 18.8. The number of hydrogen-bond donors (Lipinski definition) is 1. The second-order valence-corrected chi connectivity index (χ2v) is 5.86. The number of carbonyl (C=O) groups excluding carboxylic acids is 1. The van der Waals surface area contributed by atoms with Crippen LogP contribution in [-0.4, -0.2) is 41.6 Å². The molecule has 1 aromatic rings. The maximum atomic E-state index is 11.5. The molecule has 4 nitrogen and oxygen atoms in total. The van der Waals surface area contributed by atoms with Crippen LogP contribution in [0.3, 0.4) is 0 Å². The lowest BCUT2D eigenvalue weighted by atomic mass is 9.93. The molecule has 1 aromatic carbocycles. The first kappa shape index (κ1) is 15.0. The molecule has 20 heavy (non-hydrogen) atoms. The Kier molecular flexibility index (Phi) is 4.45. The Morgan fingerprint density at radius 3 is 2.60 bits per heavy atom. The van der Waals surface area contributed by atoms with Crippen molar-refractivity contribution < 1.29 is 14.6 Å². The fraction of sp³-hybridized carbons (Fsp3) is 0.562. The Morgan fingerprint density at radius 1 is 1.40 bits per heavy atom. The molecule has 1 saturated heterocycles. The van der Waals surface area contributed by atoms with Gasteiger partial charge >= 0.3 is 0 Å². The summed E-state index contributed by atoms with van der Waals surface area (Å²) in [7, 11) is 1.65. The van der Waals surface area contributed by atoms with Crippen molar-refractivity contribution in [1.82, 2.24) is 4.90 Å². The lowest BCUT2D eigenvalue weighted by Gasteiger charge is -2.36. The Bertz CT molecular complexity index is 486. The number of likely N-dealkylation sites (tertiary alicyclic amines) is 1. The van der Waals surface area contributed by atoms with Gasteiger partial charge in [-0.2, -0.15) is 0 Å². The molecule has 0 bridgehead atoms. The second-order valence-electron chi connectivity index (χ2n) is 5.86. The van der Waals surface area contributed by atoms with E-state index in [0.717, 1.165) is 43.8 Å². The van der Waals surface area contributed by atoms with Crippen molar-refractivity contribution in [3.8, 4) is 5.75 Å². The van der Waals surface area contributed by atoms with E-state index in [1.807, 2.05) is 19.1 Å². The molecule has 4 heteroatoms. The highest BCUT2D eigenvalue weighted by Gasteiger charge is 2.27. The van der Waals surface area contributed by atoms with Gasteiger partial charge in [-0.05, 0) is 44.9 Å². The third-order valence-corrected chi connectivity index (χ3v) is 4.01. The number of benzene rings is 1. The van der Waals surface area contributed by atoms with Gasteiger partial charge in [0.2, 0.25) is 0 Å². The number of nitrogens with zero attached hydrogens (tertiary/aromatic N) is 1. The number of aliphatic hydroxyl groups is 1. The third-order valence-electron chi connectivity index (χ3n) is 4.01. The van der Waals surface area contributed by atoms with Gasteiger partial charge in [0.25, 0.3) is 0 Å². The van der Waals surface area contributed by atoms with Crippen LogP contribution in [0.2, 0.25) is 0 Å². The van der Waals surface area contributed by atoms with Crippen LogP contribution in [-0.2, 0) is 6.54 Å². The molecule has 0 aromatic heterocycles. The summed E-state index contributed by atoms with van der Waals surface area (Å²) >= 11 is 0. The van der Waals surface area contributed by atoms with Gasteiger partial charge in [-0.25, -0.2) is 0 Å². The van der Waals surface area contributed by atoms with Crippen molar-refractivity contribution >= 4 is 5.78 Å². The summed E-state index contributed by atoms with van der Waals surface area (Å²) in [6.07, 6.45) is 1.56. The fourth-order valence-electron chi connectivity index (χ4n) is 2.55. The number of Topliss-reactive ketones (excluding diaryl/α,β-unsaturated/α-hetero) is 1. The number of ketones is 1. The smallest absolute Gasteiger partial charge is 0.159 e. The van der Waals surface area contributed by atoms with Gasteiger partial charge in [0.05, 0.1) is 12.7 Å². The van der Waals surface area contributed by atoms with Crippen LogP contribution < -0.4 is 4.74 Å². The van der Waals surface area contributed by atoms with Crippen LogP contribution in [0.15, 0.2) is 18.2 Å². The Balaban J connectivity index is 2.12. The number of methoxy groups -OCH3 is 1. The van der Waals surface area contributed by atoms with Gasteiger partial charge in [0.15, 0.2) is 5.78 Å². The standard InChI is InChI=1S/C16H23NO3/c1-12(18)13-4-5-15(20-3)14(10-13)11-17-8-6-16(2,19)7-9-17/h4-5,10,19H,6-9,11H2,1-3H3. The molecule has 0 radical (unpaired) electrons. The second kappa shape index (κ2) is 5.94. The zero-order valence-corrected chi connectivity index (χ0v) is 12.5. The zero-order chi connectivity index (χ0) is 14.8. The molecule has 2 rings (SSSR count). The van der Waals surface area contributed by atoms with Crippen LogP contribution in [0.25, 0.3) is 0 Å². The molecule has 1 aliphatic heterocycles. The molecule has 110 valence electrons. The van der Waals surface area contributed by atoms with Crippen molar-refractivity contribution in [2.24, 2.45) is 0 Å². The van der Waals surface area contributed by atoms with Crippen LogP contribution in [0, 0.1) is 0 Å². The predicted molar refractivity (Wildman–Crippen MR) is 78.1 cm³/mol. The third kappa shape index (κ3) is 3.58. The quantitative estimate of drug-likeness (QED) is 0.858. The molecular formula is C16H23NO3. The van der Waals surface area contributed by atoms with E-state index in [9.17, 15) is 9.90 Å². The number of piperidine rings is 1. The summed E-state index contributed by atoms with van der Waals surface area (Å²) in [6, 6.07) is 5.56. The van der Waals surface area contributed by atoms with E-state index in [2.05, 4.69) is 4.90 Å². The number of ether oxygens (including phenoxy) is 1. The topological polar surface area (TPSA) is 49.8 Å². The molecule has 0 unspecified atom stereocenters. The minimum Gasteiger partial charge on any atom is -0.496 e. The fourth-order valence-corrected chi connectivity index (χ4v) is 2.55. The molecule has 1 N–H and O–H groups in total. The summed E-state index contributed by atoms with van der Waals surface area (Å²) < 4.78 is 5.38. The van der Waals surface area contributed by atoms with Gasteiger partial charge in [-0.3, -0.25) is 9.69 Å². The molecule has 1 fully saturated rings. The molecule has 0 saturated carbocycles. The minimum atomic E-state index is -0.540. The molecule has 1 heterocycles. The number of carbonyl (C=O) groups is 1. The van der Waals surface area contributed by atoms with Crippen molar-refractivity contribution in [2.45, 2.75) is 38.8 Å². The van der Waals surface area contributed by atoms with Crippen LogP contribution in [0.5, 0.6) is 5.75 Å². The van der Waals surface area contributed by atoms with Crippen molar-refractivity contribution in [2.75, 3.05) is 20.2 Å². The van der Waals surface area contributed by atoms with Crippen LogP contribution in [0.4, 0.5) is 0 Å². The molecule has 0 spiro atoms. The average Bonchev–Trinajstić information content (AvgIpc) is 2.41. The average molecular weight is 277 g/mol. The predicted octanol–water partition coefficient (Wildman–Crippen LogP) is 2.24. The highest BCUT2D eigenvalue weighted by molar-refractivity contribution is 5.94. The molecule has 1 aliphatic rings. The summed E-state index contributed by atoms with van der Waals surface area (Å²) in [4.78, 5) is 13.8. The summed E-state index contributed by atoms with van der Waals surface area (Å²) in [6.45, 7) is 5.94. The van der Waals surface area contributed by atoms with E-state index in [1.165, 1.54) is 0 Å². The highest BCUT2D eigenvalue weighted by Crippen LogP contribution is 2.26. The van der Waals surface area contributed by atoms with Crippen molar-refractivity contribution in [3.63, 3.8) is 0 Å². The van der Waals surface area contributed by atoms with Gasteiger partial charge in [0.1, 0.15) is 5.75 Å². The molecular weight excluding hydrogens is 254 g/mol. The first-order valence-electron chi connectivity index (χ1n) is 7.04. The summed E-state index contributed by atoms with van der Waals surface area (Å²) in [5, 5.41) is 9.98. The van der Waals surface area contributed by atoms with Gasteiger partial charge in [0, 0.05) is 30.8 Å². The van der Waals surface area contributed by atoms with E-state index < -0.39 is 5.60 Å². The number of rotatable bonds is 4. The maximum absolute atomic E-state index is 11.5. The lowest BCUT2D eigenvalue weighted by molar-refractivity contribution is -0.00742. The molecule has 0 atom stereocenters. The summed E-state index contributed by atoms with van der Waals surface area (Å²) in [5.41, 5.74) is 1.20. The van der Waals surface area contributed by atoms with Gasteiger partial charge in [-0.15, -0.1) is 0 Å². The van der Waals surface area contributed by atoms with E-state index >= 15 is 0 Å². The van der Waals surface area contributed by atoms with E-state index in [4.69, 9.17) is 4.74 Å². The maximum Gasteiger partial charge on any atom is 0.159 e. The first-order chi connectivity index (χ1) is 9.41. The largest absolute Gasteiger partial charge is 0.496 e. The van der Waals surface area contributed by atoms with Crippen molar-refractivity contribution in [3.05, 3.63) is 29.3 Å². The zero-order valence-electron chi connectivity index (χ0n) is 12.5. The Morgan fingerprint density at radius 2 is 2.05 bits per heavy atom. The monoisotopic (exact) mass is 277 g/mol. The van der Waals surface area contributed by atoms with Gasteiger partial charge in [-0.1, -0.05) is 0 Å².